The monoisotopic (exact) mass is 222 g/mol. The second-order valence-corrected chi connectivity index (χ2v) is 3.72. The van der Waals surface area contributed by atoms with Crippen molar-refractivity contribution in [2.24, 2.45) is 0 Å². The van der Waals surface area contributed by atoms with Crippen molar-refractivity contribution >= 4 is 0 Å². The molecular formula is C12H20N3O+. The lowest BCUT2D eigenvalue weighted by molar-refractivity contribution is -0.703. The van der Waals surface area contributed by atoms with Crippen LogP contribution < -0.4 is 4.57 Å². The van der Waals surface area contributed by atoms with E-state index in [1.807, 2.05) is 12.4 Å². The van der Waals surface area contributed by atoms with E-state index in [0.717, 1.165) is 39.0 Å². The Morgan fingerprint density at radius 3 is 3.12 bits per heavy atom. The van der Waals surface area contributed by atoms with Gasteiger partial charge in [-0.05, 0) is 12.8 Å². The predicted molar refractivity (Wildman–Crippen MR) is 60.6 cm³/mol. The number of rotatable bonds is 8. The van der Waals surface area contributed by atoms with Gasteiger partial charge in [-0.3, -0.25) is 0 Å². The van der Waals surface area contributed by atoms with E-state index in [-0.39, 0.29) is 0 Å². The molecule has 4 nitrogen and oxygen atoms in total. The van der Waals surface area contributed by atoms with Crippen molar-refractivity contribution in [1.82, 2.24) is 4.98 Å². The molecule has 0 saturated carbocycles. The van der Waals surface area contributed by atoms with E-state index in [2.05, 4.69) is 22.5 Å². The number of hydrogen-bond acceptors (Lipinski definition) is 2. The van der Waals surface area contributed by atoms with Gasteiger partial charge in [-0.15, -0.1) is 0 Å². The van der Waals surface area contributed by atoms with E-state index in [1.165, 1.54) is 5.82 Å². The number of aryl methyl sites for hydroxylation is 1. The quantitative estimate of drug-likeness (QED) is 0.536. The number of nitriles is 1. The lowest BCUT2D eigenvalue weighted by Crippen LogP contribution is -2.36. The molecule has 1 aromatic rings. The molecule has 0 fully saturated rings. The lowest BCUT2D eigenvalue weighted by atomic mass is 10.3. The van der Waals surface area contributed by atoms with Crippen molar-refractivity contribution in [3.63, 3.8) is 0 Å². The summed E-state index contributed by atoms with van der Waals surface area (Å²) in [5.74, 6) is 1.18. The SMILES string of the molecule is CCCOCCc1[nH]cc[n+]1CCCC#N. The van der Waals surface area contributed by atoms with Crippen LogP contribution in [0.5, 0.6) is 0 Å². The van der Waals surface area contributed by atoms with Gasteiger partial charge in [0.1, 0.15) is 12.4 Å². The second kappa shape index (κ2) is 7.89. The number of H-pyrrole nitrogens is 1. The summed E-state index contributed by atoms with van der Waals surface area (Å²) in [6.45, 7) is 4.60. The molecule has 0 bridgehead atoms. The molecule has 0 radical (unpaired) electrons. The van der Waals surface area contributed by atoms with Crippen LogP contribution in [0.3, 0.4) is 0 Å². The largest absolute Gasteiger partial charge is 0.381 e. The van der Waals surface area contributed by atoms with Crippen LogP contribution in [0.25, 0.3) is 0 Å². The van der Waals surface area contributed by atoms with Crippen molar-refractivity contribution in [2.45, 2.75) is 39.2 Å². The Kier molecular flexibility index (Phi) is 6.28. The average Bonchev–Trinajstić information content (AvgIpc) is 2.73. The summed E-state index contributed by atoms with van der Waals surface area (Å²) in [5.41, 5.74) is 0. The highest BCUT2D eigenvalue weighted by Crippen LogP contribution is 1.93. The van der Waals surface area contributed by atoms with Gasteiger partial charge in [0.25, 0.3) is 5.82 Å². The van der Waals surface area contributed by atoms with Gasteiger partial charge < -0.3 is 4.74 Å². The number of aromatic amines is 1. The first kappa shape index (κ1) is 12.7. The topological polar surface area (TPSA) is 52.7 Å². The van der Waals surface area contributed by atoms with E-state index >= 15 is 0 Å². The fourth-order valence-electron chi connectivity index (χ4n) is 1.57. The standard InChI is InChI=1S/C12H19N3O/c1-2-10-16-11-5-12-14-7-9-15(12)8-4-3-6-13/h7,9H,2-5,8,10-11H2,1H3/p+1. The van der Waals surface area contributed by atoms with Crippen molar-refractivity contribution < 1.29 is 9.30 Å². The zero-order chi connectivity index (χ0) is 11.6. The van der Waals surface area contributed by atoms with Crippen molar-refractivity contribution in [2.75, 3.05) is 13.2 Å². The number of hydrogen-bond donors (Lipinski definition) is 1. The Morgan fingerprint density at radius 1 is 1.50 bits per heavy atom. The van der Waals surface area contributed by atoms with Crippen LogP contribution in [0.15, 0.2) is 12.4 Å². The van der Waals surface area contributed by atoms with Crippen LogP contribution in [0.1, 0.15) is 32.0 Å². The van der Waals surface area contributed by atoms with Crippen LogP contribution in [0.4, 0.5) is 0 Å². The molecule has 88 valence electrons. The Morgan fingerprint density at radius 2 is 2.38 bits per heavy atom. The zero-order valence-electron chi connectivity index (χ0n) is 9.91. The summed E-state index contributed by atoms with van der Waals surface area (Å²) in [6.07, 6.45) is 7.44. The maximum Gasteiger partial charge on any atom is 0.256 e. The van der Waals surface area contributed by atoms with E-state index in [0.29, 0.717) is 6.42 Å². The highest BCUT2D eigenvalue weighted by molar-refractivity contribution is 4.77. The van der Waals surface area contributed by atoms with Crippen molar-refractivity contribution in [3.05, 3.63) is 18.2 Å². The molecule has 0 aromatic carbocycles. The van der Waals surface area contributed by atoms with Gasteiger partial charge in [-0.25, -0.2) is 9.55 Å². The lowest BCUT2D eigenvalue weighted by Gasteiger charge is -2.01. The molecule has 1 rings (SSSR count). The van der Waals surface area contributed by atoms with Crippen LogP contribution in [0.2, 0.25) is 0 Å². The number of nitrogens with zero attached hydrogens (tertiary/aromatic N) is 2. The molecule has 0 aliphatic heterocycles. The van der Waals surface area contributed by atoms with Gasteiger partial charge in [0.15, 0.2) is 0 Å². The van der Waals surface area contributed by atoms with Gasteiger partial charge in [0.2, 0.25) is 0 Å². The van der Waals surface area contributed by atoms with E-state index in [1.54, 1.807) is 0 Å². The molecule has 0 aliphatic rings. The normalized spacial score (nSPS) is 10.2. The molecular weight excluding hydrogens is 202 g/mol. The first-order valence-corrected chi connectivity index (χ1v) is 5.89. The van der Waals surface area contributed by atoms with Crippen molar-refractivity contribution in [1.29, 1.82) is 5.26 Å². The smallest absolute Gasteiger partial charge is 0.256 e. The van der Waals surface area contributed by atoms with Crippen LogP contribution in [-0.4, -0.2) is 18.2 Å². The van der Waals surface area contributed by atoms with Gasteiger partial charge in [0, 0.05) is 13.0 Å². The summed E-state index contributed by atoms with van der Waals surface area (Å²) in [7, 11) is 0. The Hall–Kier alpha value is -1.34. The Balaban J connectivity index is 2.30. The summed E-state index contributed by atoms with van der Waals surface area (Å²) in [6, 6.07) is 2.16. The molecule has 16 heavy (non-hydrogen) atoms. The van der Waals surface area contributed by atoms with Gasteiger partial charge in [-0.1, -0.05) is 6.92 Å². The van der Waals surface area contributed by atoms with Crippen LogP contribution in [-0.2, 0) is 17.7 Å². The van der Waals surface area contributed by atoms with Crippen LogP contribution >= 0.6 is 0 Å². The highest BCUT2D eigenvalue weighted by atomic mass is 16.5. The molecule has 0 unspecified atom stereocenters. The predicted octanol–water partition coefficient (Wildman–Crippen LogP) is 1.58. The van der Waals surface area contributed by atoms with Gasteiger partial charge in [-0.2, -0.15) is 5.26 Å². The van der Waals surface area contributed by atoms with E-state index < -0.39 is 0 Å². The minimum Gasteiger partial charge on any atom is -0.381 e. The minimum atomic E-state index is 0.615. The Labute approximate surface area is 96.9 Å². The zero-order valence-corrected chi connectivity index (χ0v) is 9.91. The number of aromatic nitrogens is 2. The van der Waals surface area contributed by atoms with Crippen molar-refractivity contribution in [3.8, 4) is 6.07 Å². The van der Waals surface area contributed by atoms with E-state index in [9.17, 15) is 0 Å². The fourth-order valence-corrected chi connectivity index (χ4v) is 1.57. The molecule has 0 aliphatic carbocycles. The minimum absolute atomic E-state index is 0.615. The first-order chi connectivity index (χ1) is 7.88. The number of imidazole rings is 1. The number of nitrogens with one attached hydrogen (secondary N) is 1. The molecule has 1 heterocycles. The fraction of sp³-hybridized carbons (Fsp3) is 0.667. The molecule has 0 spiro atoms. The number of unbranched alkanes of at least 4 members (excludes halogenated alkanes) is 1. The Bertz CT molecular complexity index is 327. The van der Waals surface area contributed by atoms with Crippen LogP contribution in [0, 0.1) is 11.3 Å². The third kappa shape index (κ3) is 4.45. The summed E-state index contributed by atoms with van der Waals surface area (Å²) >= 11 is 0. The molecule has 4 heteroatoms. The third-order valence-corrected chi connectivity index (χ3v) is 2.37. The van der Waals surface area contributed by atoms with Gasteiger partial charge >= 0.3 is 0 Å². The molecule has 0 amide bonds. The molecule has 1 N–H and O–H groups in total. The highest BCUT2D eigenvalue weighted by Gasteiger charge is 2.09. The molecule has 0 saturated heterocycles. The second-order valence-electron chi connectivity index (χ2n) is 3.72. The van der Waals surface area contributed by atoms with E-state index in [4.69, 9.17) is 10.00 Å². The maximum absolute atomic E-state index is 8.48. The first-order valence-electron chi connectivity index (χ1n) is 5.89. The molecule has 0 atom stereocenters. The average molecular weight is 222 g/mol. The molecule has 1 aromatic heterocycles. The summed E-state index contributed by atoms with van der Waals surface area (Å²) in [4.78, 5) is 3.21. The maximum atomic E-state index is 8.48. The van der Waals surface area contributed by atoms with Gasteiger partial charge in [0.05, 0.1) is 25.6 Å². The third-order valence-electron chi connectivity index (χ3n) is 2.37. The summed E-state index contributed by atoms with van der Waals surface area (Å²) < 4.78 is 7.61. The number of ether oxygens (including phenoxy) is 1. The summed E-state index contributed by atoms with van der Waals surface area (Å²) in [5, 5.41) is 8.48.